The van der Waals surface area contributed by atoms with Crippen LogP contribution in [0, 0.1) is 12.7 Å². The predicted molar refractivity (Wildman–Crippen MR) is 79.9 cm³/mol. The molecule has 2 aromatic rings. The largest absolute Gasteiger partial charge is 0.325 e. The van der Waals surface area contributed by atoms with Crippen molar-refractivity contribution < 1.29 is 9.18 Å². The van der Waals surface area contributed by atoms with Gasteiger partial charge in [0.15, 0.2) is 5.16 Å². The molecule has 0 fully saturated rings. The van der Waals surface area contributed by atoms with E-state index in [1.807, 2.05) is 0 Å². The lowest BCUT2D eigenvalue weighted by molar-refractivity contribution is -0.115. The highest BCUT2D eigenvalue weighted by molar-refractivity contribution is 8.00. The van der Waals surface area contributed by atoms with E-state index in [1.165, 1.54) is 30.3 Å². The lowest BCUT2D eigenvalue weighted by Crippen LogP contribution is -2.23. The molecule has 1 aromatic carbocycles. The number of halogens is 1. The highest BCUT2D eigenvalue weighted by atomic mass is 32.2. The van der Waals surface area contributed by atoms with Crippen LogP contribution in [0.5, 0.6) is 0 Å². The van der Waals surface area contributed by atoms with Gasteiger partial charge in [-0.25, -0.2) is 9.37 Å². The van der Waals surface area contributed by atoms with Crippen molar-refractivity contribution in [3.8, 4) is 0 Å². The molecule has 1 heterocycles. The van der Waals surface area contributed by atoms with E-state index < -0.39 is 5.25 Å². The number of H-pyrrole nitrogens is 1. The summed E-state index contributed by atoms with van der Waals surface area (Å²) >= 11 is 1.15. The molecule has 1 amide bonds. The van der Waals surface area contributed by atoms with E-state index in [4.69, 9.17) is 0 Å². The molecular formula is C14H14FN3O2S. The third-order valence-corrected chi connectivity index (χ3v) is 3.60. The summed E-state index contributed by atoms with van der Waals surface area (Å²) in [5.74, 6) is -0.618. The molecule has 1 atom stereocenters. The zero-order valence-electron chi connectivity index (χ0n) is 11.5. The minimum Gasteiger partial charge on any atom is -0.325 e. The van der Waals surface area contributed by atoms with E-state index in [9.17, 15) is 14.0 Å². The van der Waals surface area contributed by atoms with Crippen LogP contribution in [-0.2, 0) is 4.79 Å². The number of amides is 1. The second kappa shape index (κ2) is 6.53. The van der Waals surface area contributed by atoms with Crippen molar-refractivity contribution in [2.45, 2.75) is 24.3 Å². The quantitative estimate of drug-likeness (QED) is 0.671. The molecule has 0 radical (unpaired) electrons. The van der Waals surface area contributed by atoms with E-state index in [0.29, 0.717) is 16.5 Å². The number of hydrogen-bond acceptors (Lipinski definition) is 4. The maximum Gasteiger partial charge on any atom is 0.251 e. The summed E-state index contributed by atoms with van der Waals surface area (Å²) in [7, 11) is 0. The number of aromatic amines is 1. The van der Waals surface area contributed by atoms with Gasteiger partial charge in [0.25, 0.3) is 5.56 Å². The molecule has 2 N–H and O–H groups in total. The van der Waals surface area contributed by atoms with Crippen molar-refractivity contribution in [2.24, 2.45) is 0 Å². The van der Waals surface area contributed by atoms with Crippen LogP contribution in [0.15, 0.2) is 40.3 Å². The monoisotopic (exact) mass is 307 g/mol. The number of anilines is 1. The van der Waals surface area contributed by atoms with Gasteiger partial charge in [0.2, 0.25) is 5.91 Å². The van der Waals surface area contributed by atoms with Gasteiger partial charge >= 0.3 is 0 Å². The van der Waals surface area contributed by atoms with Gasteiger partial charge in [-0.1, -0.05) is 11.8 Å². The van der Waals surface area contributed by atoms with Crippen molar-refractivity contribution in [1.29, 1.82) is 0 Å². The van der Waals surface area contributed by atoms with Gasteiger partial charge in [-0.2, -0.15) is 0 Å². The number of carbonyl (C=O) groups excluding carboxylic acids is 1. The zero-order chi connectivity index (χ0) is 15.4. The molecule has 1 aromatic heterocycles. The van der Waals surface area contributed by atoms with Gasteiger partial charge < -0.3 is 10.3 Å². The molecule has 1 unspecified atom stereocenters. The van der Waals surface area contributed by atoms with E-state index in [2.05, 4.69) is 15.3 Å². The fraction of sp³-hybridized carbons (Fsp3) is 0.214. The number of thioether (sulfide) groups is 1. The van der Waals surface area contributed by atoms with E-state index in [0.717, 1.165) is 11.8 Å². The summed E-state index contributed by atoms with van der Waals surface area (Å²) in [4.78, 5) is 30.1. The molecule has 7 heteroatoms. The van der Waals surface area contributed by atoms with Gasteiger partial charge in [0, 0.05) is 17.4 Å². The first-order valence-electron chi connectivity index (χ1n) is 6.25. The van der Waals surface area contributed by atoms with Crippen LogP contribution in [0.25, 0.3) is 0 Å². The average molecular weight is 307 g/mol. The number of nitrogens with one attached hydrogen (secondary N) is 2. The Hall–Kier alpha value is -2.15. The Morgan fingerprint density at radius 1 is 1.38 bits per heavy atom. The van der Waals surface area contributed by atoms with Crippen molar-refractivity contribution in [2.75, 3.05) is 5.32 Å². The Kier molecular flexibility index (Phi) is 4.74. The normalized spacial score (nSPS) is 12.0. The molecule has 0 saturated heterocycles. The molecule has 2 rings (SSSR count). The van der Waals surface area contributed by atoms with Gasteiger partial charge in [-0.05, 0) is 38.1 Å². The third-order valence-electron chi connectivity index (χ3n) is 2.62. The van der Waals surface area contributed by atoms with E-state index in [1.54, 1.807) is 13.8 Å². The maximum atomic E-state index is 12.8. The van der Waals surface area contributed by atoms with Crippen LogP contribution in [0.4, 0.5) is 10.1 Å². The van der Waals surface area contributed by atoms with Gasteiger partial charge in [-0.3, -0.25) is 9.59 Å². The van der Waals surface area contributed by atoms with Crippen LogP contribution in [0.2, 0.25) is 0 Å². The molecule has 0 aliphatic rings. The van der Waals surface area contributed by atoms with Crippen molar-refractivity contribution in [3.05, 3.63) is 52.2 Å². The van der Waals surface area contributed by atoms with Crippen LogP contribution in [0.3, 0.4) is 0 Å². The number of benzene rings is 1. The molecule has 0 aliphatic carbocycles. The highest BCUT2D eigenvalue weighted by Gasteiger charge is 2.16. The lowest BCUT2D eigenvalue weighted by atomic mass is 10.3. The molecule has 0 spiro atoms. The summed E-state index contributed by atoms with van der Waals surface area (Å²) in [6.07, 6.45) is 0. The molecule has 0 saturated carbocycles. The van der Waals surface area contributed by atoms with Crippen molar-refractivity contribution in [1.82, 2.24) is 9.97 Å². The molecule has 110 valence electrons. The SMILES string of the molecule is Cc1cc(=O)[nH]c(SC(C)C(=O)Nc2ccc(F)cc2)n1. The van der Waals surface area contributed by atoms with Gasteiger partial charge in [0.05, 0.1) is 5.25 Å². The number of nitrogens with zero attached hydrogens (tertiary/aromatic N) is 1. The number of aromatic nitrogens is 2. The highest BCUT2D eigenvalue weighted by Crippen LogP contribution is 2.20. The minimum atomic E-state index is -0.458. The van der Waals surface area contributed by atoms with Crippen LogP contribution >= 0.6 is 11.8 Å². The van der Waals surface area contributed by atoms with Gasteiger partial charge in [0.1, 0.15) is 5.82 Å². The van der Waals surface area contributed by atoms with Crippen LogP contribution < -0.4 is 10.9 Å². The van der Waals surface area contributed by atoms with Crippen LogP contribution in [-0.4, -0.2) is 21.1 Å². The van der Waals surface area contributed by atoms with E-state index in [-0.39, 0.29) is 17.3 Å². The molecule has 0 bridgehead atoms. The third kappa shape index (κ3) is 4.42. The first-order chi connectivity index (χ1) is 9.94. The first-order valence-corrected chi connectivity index (χ1v) is 7.13. The van der Waals surface area contributed by atoms with E-state index >= 15 is 0 Å². The smallest absolute Gasteiger partial charge is 0.251 e. The second-order valence-electron chi connectivity index (χ2n) is 4.45. The van der Waals surface area contributed by atoms with Crippen molar-refractivity contribution >= 4 is 23.4 Å². The summed E-state index contributed by atoms with van der Waals surface area (Å²) in [5, 5.41) is 2.60. The summed E-state index contributed by atoms with van der Waals surface area (Å²) in [6, 6.07) is 6.89. The first kappa shape index (κ1) is 15.2. The maximum absolute atomic E-state index is 12.8. The molecular weight excluding hydrogens is 293 g/mol. The van der Waals surface area contributed by atoms with Crippen LogP contribution in [0.1, 0.15) is 12.6 Å². The number of aryl methyl sites for hydroxylation is 1. The Bertz CT molecular complexity index is 700. The summed E-state index contributed by atoms with van der Waals surface area (Å²) < 4.78 is 12.8. The fourth-order valence-electron chi connectivity index (χ4n) is 1.61. The Morgan fingerprint density at radius 2 is 2.05 bits per heavy atom. The Labute approximate surface area is 125 Å². The molecule has 21 heavy (non-hydrogen) atoms. The van der Waals surface area contributed by atoms with Gasteiger partial charge in [-0.15, -0.1) is 0 Å². The number of rotatable bonds is 4. The Morgan fingerprint density at radius 3 is 2.67 bits per heavy atom. The zero-order valence-corrected chi connectivity index (χ0v) is 12.3. The number of carbonyl (C=O) groups is 1. The second-order valence-corrected chi connectivity index (χ2v) is 5.78. The topological polar surface area (TPSA) is 74.8 Å². The molecule has 5 nitrogen and oxygen atoms in total. The predicted octanol–water partition coefficient (Wildman–Crippen LogP) is 2.34. The summed E-state index contributed by atoms with van der Waals surface area (Å²) in [6.45, 7) is 3.41. The minimum absolute atomic E-state index is 0.254. The average Bonchev–Trinajstić information content (AvgIpc) is 2.40. The standard InChI is InChI=1S/C14H14FN3O2S/c1-8-7-12(19)18-14(16-8)21-9(2)13(20)17-11-5-3-10(15)4-6-11/h3-7,9H,1-2H3,(H,17,20)(H,16,18,19). The summed E-state index contributed by atoms with van der Waals surface area (Å²) in [5.41, 5.74) is 0.850. The Balaban J connectivity index is 2.02. The molecule has 0 aliphatic heterocycles. The fourth-order valence-corrected chi connectivity index (χ4v) is 2.46. The number of hydrogen-bond donors (Lipinski definition) is 2. The lowest BCUT2D eigenvalue weighted by Gasteiger charge is -2.11. The van der Waals surface area contributed by atoms with Crippen molar-refractivity contribution in [3.63, 3.8) is 0 Å².